The standard InChI is InChI=1S/C12H12ClN3O/c13-12-10(15-11(17)7-14)6-5-8-3-1-2-4-9(8)16-12/h1-6,16H,7,14H2,(H,15,17). The molecule has 0 saturated heterocycles. The number of hydrogen-bond donors (Lipinski definition) is 3. The molecule has 1 heterocycles. The van der Waals surface area contributed by atoms with Crippen molar-refractivity contribution in [3.05, 3.63) is 46.8 Å². The minimum atomic E-state index is -0.282. The van der Waals surface area contributed by atoms with Crippen LogP contribution in [0.3, 0.4) is 0 Å². The molecular formula is C12H12ClN3O. The summed E-state index contributed by atoms with van der Waals surface area (Å²) in [6.07, 6.45) is 3.62. The van der Waals surface area contributed by atoms with Gasteiger partial charge in [0.15, 0.2) is 0 Å². The first-order valence-corrected chi connectivity index (χ1v) is 5.52. The van der Waals surface area contributed by atoms with E-state index in [0.717, 1.165) is 11.3 Å². The van der Waals surface area contributed by atoms with Gasteiger partial charge in [-0.3, -0.25) is 4.79 Å². The fourth-order valence-corrected chi connectivity index (χ4v) is 1.70. The van der Waals surface area contributed by atoms with Crippen LogP contribution in [-0.4, -0.2) is 12.5 Å². The number of rotatable bonds is 2. The molecule has 0 bridgehead atoms. The average molecular weight is 250 g/mol. The third-order valence-electron chi connectivity index (χ3n) is 2.33. The molecule has 4 N–H and O–H groups in total. The van der Waals surface area contributed by atoms with Crippen LogP contribution in [0, 0.1) is 0 Å². The average Bonchev–Trinajstić information content (AvgIpc) is 2.49. The van der Waals surface area contributed by atoms with Crippen molar-refractivity contribution in [2.75, 3.05) is 11.9 Å². The van der Waals surface area contributed by atoms with Crippen LogP contribution in [0.1, 0.15) is 5.56 Å². The molecule has 1 aromatic carbocycles. The topological polar surface area (TPSA) is 67.2 Å². The normalized spacial score (nSPS) is 13.8. The minimum absolute atomic E-state index is 0.0749. The summed E-state index contributed by atoms with van der Waals surface area (Å²) in [6, 6.07) is 7.71. The maximum atomic E-state index is 11.2. The Hall–Kier alpha value is -1.78. The monoisotopic (exact) mass is 249 g/mol. The lowest BCUT2D eigenvalue weighted by Gasteiger charge is -2.09. The van der Waals surface area contributed by atoms with Crippen molar-refractivity contribution < 1.29 is 4.79 Å². The van der Waals surface area contributed by atoms with Gasteiger partial charge in [-0.1, -0.05) is 35.9 Å². The lowest BCUT2D eigenvalue weighted by Crippen LogP contribution is -2.30. The molecule has 1 amide bonds. The van der Waals surface area contributed by atoms with Crippen molar-refractivity contribution in [2.24, 2.45) is 5.73 Å². The predicted molar refractivity (Wildman–Crippen MR) is 69.2 cm³/mol. The number of anilines is 1. The van der Waals surface area contributed by atoms with E-state index >= 15 is 0 Å². The number of para-hydroxylation sites is 1. The maximum absolute atomic E-state index is 11.2. The largest absolute Gasteiger partial charge is 0.344 e. The van der Waals surface area contributed by atoms with Gasteiger partial charge in [-0.15, -0.1) is 0 Å². The first kappa shape index (κ1) is 11.7. The Morgan fingerprint density at radius 2 is 2.12 bits per heavy atom. The van der Waals surface area contributed by atoms with E-state index in [2.05, 4.69) is 10.6 Å². The Labute approximate surface area is 104 Å². The van der Waals surface area contributed by atoms with Crippen LogP contribution in [-0.2, 0) is 4.79 Å². The highest BCUT2D eigenvalue weighted by Crippen LogP contribution is 2.24. The van der Waals surface area contributed by atoms with E-state index < -0.39 is 0 Å². The third kappa shape index (κ3) is 2.67. The minimum Gasteiger partial charge on any atom is -0.344 e. The summed E-state index contributed by atoms with van der Waals surface area (Å²) < 4.78 is 0. The first-order chi connectivity index (χ1) is 8.20. The number of nitrogens with two attached hydrogens (primary N) is 1. The summed E-state index contributed by atoms with van der Waals surface area (Å²) in [4.78, 5) is 11.2. The molecule has 0 atom stereocenters. The molecule has 88 valence electrons. The molecule has 2 rings (SSSR count). The van der Waals surface area contributed by atoms with Crippen molar-refractivity contribution in [3.63, 3.8) is 0 Å². The molecule has 5 heteroatoms. The molecule has 0 saturated carbocycles. The van der Waals surface area contributed by atoms with E-state index in [1.54, 1.807) is 6.08 Å². The van der Waals surface area contributed by atoms with E-state index in [0.29, 0.717) is 10.9 Å². The van der Waals surface area contributed by atoms with Crippen molar-refractivity contribution in [1.29, 1.82) is 0 Å². The third-order valence-corrected chi connectivity index (χ3v) is 2.63. The highest BCUT2D eigenvalue weighted by atomic mass is 35.5. The Balaban J connectivity index is 2.29. The Bertz CT molecular complexity index is 508. The van der Waals surface area contributed by atoms with Crippen molar-refractivity contribution in [2.45, 2.75) is 0 Å². The van der Waals surface area contributed by atoms with Crippen molar-refractivity contribution in [3.8, 4) is 0 Å². The summed E-state index contributed by atoms with van der Waals surface area (Å²) in [6.45, 7) is -0.0749. The fourth-order valence-electron chi connectivity index (χ4n) is 1.49. The zero-order valence-electron chi connectivity index (χ0n) is 9.03. The SMILES string of the molecule is NCC(=O)NC1=C(Cl)Nc2ccccc2C=C1. The van der Waals surface area contributed by atoms with Gasteiger partial charge in [0.05, 0.1) is 12.2 Å². The number of allylic oxidation sites excluding steroid dienone is 1. The molecule has 1 aliphatic heterocycles. The van der Waals surface area contributed by atoms with Crippen molar-refractivity contribution >= 4 is 29.3 Å². The molecule has 4 nitrogen and oxygen atoms in total. The van der Waals surface area contributed by atoms with Gasteiger partial charge in [0.1, 0.15) is 5.16 Å². The molecule has 0 fully saturated rings. The van der Waals surface area contributed by atoms with Crippen LogP contribution in [0.5, 0.6) is 0 Å². The molecule has 0 unspecified atom stereocenters. The molecule has 1 aromatic rings. The second kappa shape index (κ2) is 5.03. The van der Waals surface area contributed by atoms with Crippen LogP contribution in [0.4, 0.5) is 5.69 Å². The molecule has 0 radical (unpaired) electrons. The molecular weight excluding hydrogens is 238 g/mol. The number of carbonyl (C=O) groups excluding carboxylic acids is 1. The number of benzene rings is 1. The Morgan fingerprint density at radius 1 is 1.35 bits per heavy atom. The molecule has 17 heavy (non-hydrogen) atoms. The van der Waals surface area contributed by atoms with Gasteiger partial charge in [-0.25, -0.2) is 0 Å². The van der Waals surface area contributed by atoms with E-state index in [1.165, 1.54) is 0 Å². The summed E-state index contributed by atoms with van der Waals surface area (Å²) in [7, 11) is 0. The van der Waals surface area contributed by atoms with Crippen LogP contribution in [0.15, 0.2) is 41.2 Å². The number of carbonyl (C=O) groups is 1. The van der Waals surface area contributed by atoms with Crippen LogP contribution in [0.25, 0.3) is 6.08 Å². The number of fused-ring (bicyclic) bond motifs is 1. The number of hydrogen-bond acceptors (Lipinski definition) is 3. The quantitative estimate of drug-likeness (QED) is 0.698. The summed E-state index contributed by atoms with van der Waals surface area (Å²) in [5.74, 6) is -0.282. The molecule has 1 aliphatic rings. The van der Waals surface area contributed by atoms with Gasteiger partial charge in [0, 0.05) is 5.69 Å². The van der Waals surface area contributed by atoms with Crippen LogP contribution < -0.4 is 16.4 Å². The smallest absolute Gasteiger partial charge is 0.238 e. The predicted octanol–water partition coefficient (Wildman–Crippen LogP) is 1.61. The fraction of sp³-hybridized carbons (Fsp3) is 0.0833. The second-order valence-electron chi connectivity index (χ2n) is 3.53. The highest BCUT2D eigenvalue weighted by molar-refractivity contribution is 6.31. The summed E-state index contributed by atoms with van der Waals surface area (Å²) in [5.41, 5.74) is 7.64. The van der Waals surface area contributed by atoms with E-state index in [4.69, 9.17) is 17.3 Å². The van der Waals surface area contributed by atoms with Crippen LogP contribution >= 0.6 is 11.6 Å². The van der Waals surface area contributed by atoms with Gasteiger partial charge in [0.2, 0.25) is 5.91 Å². The Morgan fingerprint density at radius 3 is 2.88 bits per heavy atom. The van der Waals surface area contributed by atoms with Gasteiger partial charge in [-0.05, 0) is 17.7 Å². The molecule has 0 spiro atoms. The number of halogens is 1. The number of amides is 1. The molecule has 0 aromatic heterocycles. The highest BCUT2D eigenvalue weighted by Gasteiger charge is 2.10. The zero-order valence-corrected chi connectivity index (χ0v) is 9.79. The Kier molecular flexibility index (Phi) is 3.46. The maximum Gasteiger partial charge on any atom is 0.238 e. The molecule has 0 aliphatic carbocycles. The summed E-state index contributed by atoms with van der Waals surface area (Å²) in [5, 5.41) is 6.02. The van der Waals surface area contributed by atoms with Gasteiger partial charge in [-0.2, -0.15) is 0 Å². The summed E-state index contributed by atoms with van der Waals surface area (Å²) >= 11 is 6.08. The van der Waals surface area contributed by atoms with E-state index in [9.17, 15) is 4.79 Å². The van der Waals surface area contributed by atoms with Crippen molar-refractivity contribution in [1.82, 2.24) is 5.32 Å². The first-order valence-electron chi connectivity index (χ1n) is 5.14. The van der Waals surface area contributed by atoms with E-state index in [1.807, 2.05) is 30.3 Å². The second-order valence-corrected chi connectivity index (χ2v) is 3.90. The number of nitrogens with one attached hydrogen (secondary N) is 2. The van der Waals surface area contributed by atoms with Crippen LogP contribution in [0.2, 0.25) is 0 Å². The zero-order chi connectivity index (χ0) is 12.3. The van der Waals surface area contributed by atoms with Gasteiger partial charge >= 0.3 is 0 Å². The van der Waals surface area contributed by atoms with Gasteiger partial charge < -0.3 is 16.4 Å². The lowest BCUT2D eigenvalue weighted by molar-refractivity contribution is -0.118. The lowest BCUT2D eigenvalue weighted by atomic mass is 10.2. The van der Waals surface area contributed by atoms with E-state index in [-0.39, 0.29) is 12.5 Å². The van der Waals surface area contributed by atoms with Gasteiger partial charge in [0.25, 0.3) is 0 Å².